The smallest absolute Gasteiger partial charge is 0.303 e. The SMILES string of the molecule is CC(=O)N1CCc2cc(C(=O)CCCC(=O)O)ccc21. The number of amides is 1. The van der Waals surface area contributed by atoms with Crippen LogP contribution in [0.4, 0.5) is 5.69 Å². The minimum atomic E-state index is -0.885. The minimum absolute atomic E-state index is 0.00397. The van der Waals surface area contributed by atoms with E-state index in [4.69, 9.17) is 5.11 Å². The number of carboxylic acids is 1. The molecule has 1 aromatic rings. The number of hydrogen-bond acceptors (Lipinski definition) is 3. The first-order valence-electron chi connectivity index (χ1n) is 6.65. The third kappa shape index (κ3) is 3.04. The van der Waals surface area contributed by atoms with E-state index >= 15 is 0 Å². The molecular weight excluding hydrogens is 258 g/mol. The molecule has 1 amide bonds. The number of benzene rings is 1. The predicted octanol–water partition coefficient (Wildman–Crippen LogP) is 2.03. The lowest BCUT2D eigenvalue weighted by Crippen LogP contribution is -2.25. The van der Waals surface area contributed by atoms with Crippen LogP contribution >= 0.6 is 0 Å². The monoisotopic (exact) mass is 275 g/mol. The summed E-state index contributed by atoms with van der Waals surface area (Å²) in [5.74, 6) is -0.927. The van der Waals surface area contributed by atoms with E-state index < -0.39 is 5.97 Å². The lowest BCUT2D eigenvalue weighted by molar-refractivity contribution is -0.137. The average Bonchev–Trinajstić information content (AvgIpc) is 2.80. The number of Topliss-reactive ketones (excluding diaryl/α,β-unsaturated/α-hetero) is 1. The Morgan fingerprint density at radius 3 is 2.65 bits per heavy atom. The molecule has 1 N–H and O–H groups in total. The summed E-state index contributed by atoms with van der Waals surface area (Å²) in [7, 11) is 0. The van der Waals surface area contributed by atoms with Crippen molar-refractivity contribution in [2.45, 2.75) is 32.6 Å². The van der Waals surface area contributed by atoms with Gasteiger partial charge in [-0.3, -0.25) is 14.4 Å². The molecule has 0 radical (unpaired) electrons. The Kier molecular flexibility index (Phi) is 4.17. The molecule has 0 bridgehead atoms. The molecule has 0 atom stereocenters. The van der Waals surface area contributed by atoms with Crippen LogP contribution in [-0.4, -0.2) is 29.3 Å². The number of carbonyl (C=O) groups is 3. The van der Waals surface area contributed by atoms with E-state index in [1.807, 2.05) is 6.07 Å². The first-order chi connectivity index (χ1) is 9.49. The van der Waals surface area contributed by atoms with Gasteiger partial charge in [0, 0.05) is 37.6 Å². The Morgan fingerprint density at radius 1 is 1.25 bits per heavy atom. The highest BCUT2D eigenvalue weighted by atomic mass is 16.4. The molecule has 0 spiro atoms. The van der Waals surface area contributed by atoms with Gasteiger partial charge in [0.15, 0.2) is 5.78 Å². The molecule has 0 saturated carbocycles. The van der Waals surface area contributed by atoms with Crippen molar-refractivity contribution >= 4 is 23.3 Å². The number of ketones is 1. The van der Waals surface area contributed by atoms with Crippen molar-refractivity contribution in [3.05, 3.63) is 29.3 Å². The fraction of sp³-hybridized carbons (Fsp3) is 0.400. The topological polar surface area (TPSA) is 74.7 Å². The normalized spacial score (nSPS) is 13.2. The number of anilines is 1. The number of rotatable bonds is 5. The Hall–Kier alpha value is -2.17. The Morgan fingerprint density at radius 2 is 2.00 bits per heavy atom. The second kappa shape index (κ2) is 5.86. The van der Waals surface area contributed by atoms with Gasteiger partial charge in [0.2, 0.25) is 5.91 Å². The van der Waals surface area contributed by atoms with Gasteiger partial charge in [-0.15, -0.1) is 0 Å². The quantitative estimate of drug-likeness (QED) is 0.834. The zero-order valence-electron chi connectivity index (χ0n) is 11.4. The molecule has 0 fully saturated rings. The van der Waals surface area contributed by atoms with Crippen LogP contribution in [0.5, 0.6) is 0 Å². The highest BCUT2D eigenvalue weighted by molar-refractivity contribution is 5.99. The number of fused-ring (bicyclic) bond motifs is 1. The van der Waals surface area contributed by atoms with E-state index in [0.29, 0.717) is 18.5 Å². The molecule has 5 heteroatoms. The summed E-state index contributed by atoms with van der Waals surface area (Å²) in [4.78, 5) is 35.5. The van der Waals surface area contributed by atoms with E-state index in [1.54, 1.807) is 17.0 Å². The van der Waals surface area contributed by atoms with Gasteiger partial charge in [-0.05, 0) is 36.6 Å². The molecule has 2 rings (SSSR count). The highest BCUT2D eigenvalue weighted by Gasteiger charge is 2.22. The first-order valence-corrected chi connectivity index (χ1v) is 6.65. The molecular formula is C15H17NO4. The molecule has 1 aliphatic heterocycles. The standard InChI is InChI=1S/C15H17NO4/c1-10(17)16-8-7-11-9-12(5-6-13(11)16)14(18)3-2-4-15(19)20/h5-6,9H,2-4,7-8H2,1H3,(H,19,20). The van der Waals surface area contributed by atoms with Crippen LogP contribution in [0.25, 0.3) is 0 Å². The van der Waals surface area contributed by atoms with Crippen LogP contribution in [0, 0.1) is 0 Å². The van der Waals surface area contributed by atoms with Gasteiger partial charge >= 0.3 is 5.97 Å². The molecule has 0 aromatic heterocycles. The zero-order valence-corrected chi connectivity index (χ0v) is 11.4. The Balaban J connectivity index is 2.07. The summed E-state index contributed by atoms with van der Waals surface area (Å²) in [6.45, 7) is 2.18. The van der Waals surface area contributed by atoms with E-state index in [-0.39, 0.29) is 24.5 Å². The molecule has 106 valence electrons. The fourth-order valence-electron chi connectivity index (χ4n) is 2.45. The van der Waals surface area contributed by atoms with Crippen molar-refractivity contribution in [2.24, 2.45) is 0 Å². The molecule has 0 unspecified atom stereocenters. The second-order valence-corrected chi connectivity index (χ2v) is 4.93. The number of aliphatic carboxylic acids is 1. The molecule has 20 heavy (non-hydrogen) atoms. The summed E-state index contributed by atoms with van der Waals surface area (Å²) in [5.41, 5.74) is 2.48. The van der Waals surface area contributed by atoms with Crippen molar-refractivity contribution in [2.75, 3.05) is 11.4 Å². The van der Waals surface area contributed by atoms with Crippen molar-refractivity contribution < 1.29 is 19.5 Å². The molecule has 0 saturated heterocycles. The van der Waals surface area contributed by atoms with Gasteiger partial charge in [0.1, 0.15) is 0 Å². The van der Waals surface area contributed by atoms with Crippen LogP contribution in [0.1, 0.15) is 42.1 Å². The molecule has 1 aromatic carbocycles. The van der Waals surface area contributed by atoms with Gasteiger partial charge in [-0.1, -0.05) is 0 Å². The fourth-order valence-corrected chi connectivity index (χ4v) is 2.45. The van der Waals surface area contributed by atoms with Gasteiger partial charge in [0.05, 0.1) is 0 Å². The van der Waals surface area contributed by atoms with Gasteiger partial charge in [-0.2, -0.15) is 0 Å². The molecule has 1 aliphatic rings. The van der Waals surface area contributed by atoms with Crippen molar-refractivity contribution in [1.82, 2.24) is 0 Å². The van der Waals surface area contributed by atoms with E-state index in [1.165, 1.54) is 6.92 Å². The number of carbonyl (C=O) groups excluding carboxylic acids is 2. The maximum absolute atomic E-state index is 12.0. The average molecular weight is 275 g/mol. The molecule has 1 heterocycles. The Bertz CT molecular complexity index is 565. The number of nitrogens with zero attached hydrogens (tertiary/aromatic N) is 1. The summed E-state index contributed by atoms with van der Waals surface area (Å²) < 4.78 is 0. The first kappa shape index (κ1) is 14.2. The van der Waals surface area contributed by atoms with Crippen LogP contribution < -0.4 is 4.90 Å². The molecule has 0 aliphatic carbocycles. The second-order valence-electron chi connectivity index (χ2n) is 4.93. The third-order valence-corrected chi connectivity index (χ3v) is 3.47. The largest absolute Gasteiger partial charge is 0.481 e. The number of carboxylic acid groups (broad SMARTS) is 1. The van der Waals surface area contributed by atoms with Crippen LogP contribution in [0.2, 0.25) is 0 Å². The van der Waals surface area contributed by atoms with Gasteiger partial charge < -0.3 is 10.0 Å². The maximum atomic E-state index is 12.0. The van der Waals surface area contributed by atoms with Crippen molar-refractivity contribution in [1.29, 1.82) is 0 Å². The maximum Gasteiger partial charge on any atom is 0.303 e. The lowest BCUT2D eigenvalue weighted by Gasteiger charge is -2.14. The van der Waals surface area contributed by atoms with Gasteiger partial charge in [0.25, 0.3) is 0 Å². The van der Waals surface area contributed by atoms with Crippen LogP contribution in [-0.2, 0) is 16.0 Å². The highest BCUT2D eigenvalue weighted by Crippen LogP contribution is 2.29. The molecule has 5 nitrogen and oxygen atoms in total. The van der Waals surface area contributed by atoms with Crippen molar-refractivity contribution in [3.8, 4) is 0 Å². The van der Waals surface area contributed by atoms with Gasteiger partial charge in [-0.25, -0.2) is 0 Å². The van der Waals surface area contributed by atoms with Crippen LogP contribution in [0.3, 0.4) is 0 Å². The lowest BCUT2D eigenvalue weighted by atomic mass is 10.0. The van der Waals surface area contributed by atoms with E-state index in [9.17, 15) is 14.4 Å². The number of hydrogen-bond donors (Lipinski definition) is 1. The summed E-state index contributed by atoms with van der Waals surface area (Å²) >= 11 is 0. The minimum Gasteiger partial charge on any atom is -0.481 e. The van der Waals surface area contributed by atoms with Crippen molar-refractivity contribution in [3.63, 3.8) is 0 Å². The summed E-state index contributed by atoms with van der Waals surface area (Å²) in [5, 5.41) is 8.56. The zero-order chi connectivity index (χ0) is 14.7. The predicted molar refractivity (Wildman–Crippen MR) is 74.0 cm³/mol. The van der Waals surface area contributed by atoms with E-state index in [0.717, 1.165) is 17.7 Å². The van der Waals surface area contributed by atoms with Crippen LogP contribution in [0.15, 0.2) is 18.2 Å². The summed E-state index contributed by atoms with van der Waals surface area (Å²) in [6, 6.07) is 5.33. The third-order valence-electron chi connectivity index (χ3n) is 3.47. The summed E-state index contributed by atoms with van der Waals surface area (Å²) in [6.07, 6.45) is 1.35. The Labute approximate surface area is 117 Å². The van der Waals surface area contributed by atoms with E-state index in [2.05, 4.69) is 0 Å².